The Balaban J connectivity index is 1.96. The molecule has 1 unspecified atom stereocenters. The van der Waals surface area contributed by atoms with E-state index >= 15 is 0 Å². The minimum atomic E-state index is 0.345. The van der Waals surface area contributed by atoms with Gasteiger partial charge in [0.05, 0.1) is 13.2 Å². The largest absolute Gasteiger partial charge is 0.494 e. The monoisotopic (exact) mass is 292 g/mol. The molecule has 1 aliphatic carbocycles. The van der Waals surface area contributed by atoms with Gasteiger partial charge in [-0.2, -0.15) is 0 Å². The van der Waals surface area contributed by atoms with Crippen LogP contribution in [-0.4, -0.2) is 51.4 Å². The van der Waals surface area contributed by atoms with Crippen LogP contribution in [0.3, 0.4) is 0 Å². The summed E-state index contributed by atoms with van der Waals surface area (Å²) in [6.45, 7) is 5.56. The number of benzene rings is 1. The predicted molar refractivity (Wildman–Crippen MR) is 85.9 cm³/mol. The molecule has 0 amide bonds. The highest BCUT2D eigenvalue weighted by atomic mass is 16.5. The number of likely N-dealkylation sites (N-methyl/N-ethyl adjacent to an activating group) is 1. The fourth-order valence-electron chi connectivity index (χ4n) is 2.63. The molecule has 0 heterocycles. The van der Waals surface area contributed by atoms with Gasteiger partial charge >= 0.3 is 0 Å². The van der Waals surface area contributed by atoms with Crippen molar-refractivity contribution in [2.24, 2.45) is 0 Å². The van der Waals surface area contributed by atoms with Crippen LogP contribution in [0.5, 0.6) is 5.75 Å². The third-order valence-electron chi connectivity index (χ3n) is 4.00. The number of nitrogens with zero attached hydrogens (tertiary/aromatic N) is 1. The zero-order valence-electron chi connectivity index (χ0n) is 13.5. The van der Waals surface area contributed by atoms with Crippen molar-refractivity contribution in [1.82, 2.24) is 10.2 Å². The van der Waals surface area contributed by atoms with Gasteiger partial charge in [0.25, 0.3) is 0 Å². The first-order valence-corrected chi connectivity index (χ1v) is 7.91. The first-order valence-electron chi connectivity index (χ1n) is 7.91. The Bertz CT molecular complexity index is 404. The number of hydrogen-bond donors (Lipinski definition) is 1. The van der Waals surface area contributed by atoms with Crippen LogP contribution in [0.15, 0.2) is 24.3 Å². The third-order valence-corrected chi connectivity index (χ3v) is 4.00. The van der Waals surface area contributed by atoms with Gasteiger partial charge in [0.1, 0.15) is 5.75 Å². The SMILES string of the molecule is CCOc1ccc(C(CN(CCOC)C2CC2)NC)cc1. The predicted octanol–water partition coefficient (Wildman–Crippen LogP) is 2.46. The Morgan fingerprint density at radius 3 is 2.52 bits per heavy atom. The summed E-state index contributed by atoms with van der Waals surface area (Å²) in [4.78, 5) is 2.54. The van der Waals surface area contributed by atoms with Crippen molar-refractivity contribution >= 4 is 0 Å². The lowest BCUT2D eigenvalue weighted by Gasteiger charge is -2.27. The van der Waals surface area contributed by atoms with Gasteiger partial charge in [-0.25, -0.2) is 0 Å². The molecular weight excluding hydrogens is 264 g/mol. The van der Waals surface area contributed by atoms with E-state index in [1.165, 1.54) is 18.4 Å². The Labute approximate surface area is 128 Å². The van der Waals surface area contributed by atoms with E-state index in [4.69, 9.17) is 9.47 Å². The van der Waals surface area contributed by atoms with Crippen molar-refractivity contribution in [3.8, 4) is 5.75 Å². The van der Waals surface area contributed by atoms with Crippen LogP contribution < -0.4 is 10.1 Å². The third kappa shape index (κ3) is 4.99. The molecule has 1 N–H and O–H groups in total. The molecule has 0 aromatic heterocycles. The fraction of sp³-hybridized carbons (Fsp3) is 0.647. The summed E-state index contributed by atoms with van der Waals surface area (Å²) in [5.41, 5.74) is 1.31. The average molecular weight is 292 g/mol. The second-order valence-corrected chi connectivity index (χ2v) is 5.56. The molecule has 1 aromatic carbocycles. The van der Waals surface area contributed by atoms with Crippen molar-refractivity contribution in [1.29, 1.82) is 0 Å². The molecule has 0 saturated heterocycles. The fourth-order valence-corrected chi connectivity index (χ4v) is 2.63. The molecular formula is C17H28N2O2. The Morgan fingerprint density at radius 2 is 2.00 bits per heavy atom. The van der Waals surface area contributed by atoms with Crippen molar-refractivity contribution in [2.45, 2.75) is 31.8 Å². The Kier molecular flexibility index (Phi) is 6.49. The van der Waals surface area contributed by atoms with Crippen molar-refractivity contribution < 1.29 is 9.47 Å². The number of rotatable bonds is 10. The Hall–Kier alpha value is -1.10. The van der Waals surface area contributed by atoms with E-state index in [0.717, 1.165) is 31.5 Å². The number of nitrogens with one attached hydrogen (secondary N) is 1. The van der Waals surface area contributed by atoms with Crippen LogP contribution in [-0.2, 0) is 4.74 Å². The van der Waals surface area contributed by atoms with E-state index in [0.29, 0.717) is 12.6 Å². The molecule has 1 fully saturated rings. The van der Waals surface area contributed by atoms with Gasteiger partial charge in [-0.05, 0) is 44.5 Å². The summed E-state index contributed by atoms with van der Waals surface area (Å²) in [5, 5.41) is 3.44. The van der Waals surface area contributed by atoms with Crippen molar-refractivity contribution in [2.75, 3.05) is 40.5 Å². The molecule has 0 bridgehead atoms. The normalized spacial score (nSPS) is 16.2. The molecule has 1 atom stereocenters. The standard InChI is InChI=1S/C17H28N2O2/c1-4-21-16-9-5-14(6-10-16)17(18-2)13-19(11-12-20-3)15-7-8-15/h5-6,9-10,15,17-18H,4,7-8,11-13H2,1-3H3. The minimum absolute atomic E-state index is 0.345. The lowest BCUT2D eigenvalue weighted by molar-refractivity contribution is 0.136. The maximum Gasteiger partial charge on any atom is 0.119 e. The molecule has 0 radical (unpaired) electrons. The minimum Gasteiger partial charge on any atom is -0.494 e. The summed E-state index contributed by atoms with van der Waals surface area (Å²) >= 11 is 0. The maximum atomic E-state index is 5.51. The van der Waals surface area contributed by atoms with Crippen LogP contribution >= 0.6 is 0 Å². The van der Waals surface area contributed by atoms with E-state index in [-0.39, 0.29) is 0 Å². The van der Waals surface area contributed by atoms with Crippen molar-refractivity contribution in [3.05, 3.63) is 29.8 Å². The molecule has 4 heteroatoms. The van der Waals surface area contributed by atoms with E-state index in [2.05, 4.69) is 34.5 Å². The lowest BCUT2D eigenvalue weighted by Crippen LogP contribution is -2.37. The maximum absolute atomic E-state index is 5.51. The first-order chi connectivity index (χ1) is 10.3. The van der Waals surface area contributed by atoms with E-state index < -0.39 is 0 Å². The van der Waals surface area contributed by atoms with Gasteiger partial charge in [-0.15, -0.1) is 0 Å². The summed E-state index contributed by atoms with van der Waals surface area (Å²) < 4.78 is 10.7. The topological polar surface area (TPSA) is 33.7 Å². The quantitative estimate of drug-likeness (QED) is 0.718. The zero-order chi connectivity index (χ0) is 15.1. The number of ether oxygens (including phenoxy) is 2. The van der Waals surface area contributed by atoms with Gasteiger partial charge < -0.3 is 14.8 Å². The van der Waals surface area contributed by atoms with Crippen LogP contribution in [0.25, 0.3) is 0 Å². The summed E-state index contributed by atoms with van der Waals surface area (Å²) in [6, 6.07) is 9.53. The zero-order valence-corrected chi connectivity index (χ0v) is 13.5. The Morgan fingerprint density at radius 1 is 1.29 bits per heavy atom. The van der Waals surface area contributed by atoms with E-state index in [1.54, 1.807) is 7.11 Å². The molecule has 4 nitrogen and oxygen atoms in total. The summed E-state index contributed by atoms with van der Waals surface area (Å²) in [6.07, 6.45) is 2.65. The number of hydrogen-bond acceptors (Lipinski definition) is 4. The smallest absolute Gasteiger partial charge is 0.119 e. The summed E-state index contributed by atoms with van der Waals surface area (Å²) in [5.74, 6) is 0.939. The van der Waals surface area contributed by atoms with Gasteiger partial charge in [-0.3, -0.25) is 4.90 Å². The van der Waals surface area contributed by atoms with Crippen LogP contribution in [0.4, 0.5) is 0 Å². The average Bonchev–Trinajstić information content (AvgIpc) is 3.34. The highest BCUT2D eigenvalue weighted by Gasteiger charge is 2.30. The van der Waals surface area contributed by atoms with Gasteiger partial charge in [0.2, 0.25) is 0 Å². The highest BCUT2D eigenvalue weighted by molar-refractivity contribution is 5.29. The first kappa shape index (κ1) is 16.3. The molecule has 21 heavy (non-hydrogen) atoms. The molecule has 0 aliphatic heterocycles. The second-order valence-electron chi connectivity index (χ2n) is 5.56. The van der Waals surface area contributed by atoms with E-state index in [1.807, 2.05) is 14.0 Å². The molecule has 1 saturated carbocycles. The molecule has 1 aliphatic rings. The van der Waals surface area contributed by atoms with Gasteiger partial charge in [0.15, 0.2) is 0 Å². The molecule has 2 rings (SSSR count). The molecule has 1 aromatic rings. The molecule has 118 valence electrons. The van der Waals surface area contributed by atoms with Crippen molar-refractivity contribution in [3.63, 3.8) is 0 Å². The van der Waals surface area contributed by atoms with Gasteiger partial charge in [-0.1, -0.05) is 12.1 Å². The lowest BCUT2D eigenvalue weighted by atomic mass is 10.1. The summed E-state index contributed by atoms with van der Waals surface area (Å²) in [7, 11) is 3.80. The van der Waals surface area contributed by atoms with E-state index in [9.17, 15) is 0 Å². The van der Waals surface area contributed by atoms with Crippen LogP contribution in [0.2, 0.25) is 0 Å². The second kappa shape index (κ2) is 8.37. The highest BCUT2D eigenvalue weighted by Crippen LogP contribution is 2.29. The van der Waals surface area contributed by atoms with Gasteiger partial charge in [0, 0.05) is 32.3 Å². The van der Waals surface area contributed by atoms with Crippen LogP contribution in [0.1, 0.15) is 31.4 Å². The van der Waals surface area contributed by atoms with Crippen LogP contribution in [0, 0.1) is 0 Å². The number of methoxy groups -OCH3 is 1. The molecule has 0 spiro atoms.